The van der Waals surface area contributed by atoms with E-state index in [1.807, 2.05) is 42.5 Å². The van der Waals surface area contributed by atoms with Crippen LogP contribution < -0.4 is 0 Å². The van der Waals surface area contributed by atoms with Gasteiger partial charge in [0, 0.05) is 10.6 Å². The number of imidazole rings is 1. The van der Waals surface area contributed by atoms with Gasteiger partial charge < -0.3 is 9.67 Å². The number of aliphatic hydroxyl groups excluding tert-OH is 1. The van der Waals surface area contributed by atoms with Crippen LogP contribution in [0.3, 0.4) is 0 Å². The van der Waals surface area contributed by atoms with Gasteiger partial charge in [-0.15, -0.1) is 0 Å². The van der Waals surface area contributed by atoms with Crippen LogP contribution >= 0.6 is 11.6 Å². The fourth-order valence-corrected chi connectivity index (χ4v) is 4.27. The van der Waals surface area contributed by atoms with Gasteiger partial charge in [-0.1, -0.05) is 43.0 Å². The standard InChI is InChI=1S/C21H23ClN2O/c22-17-12-10-16(11-13-17)21-23-18-8-4-5-9-19(18)24(21)20(14-25)15-6-2-1-3-7-15/h4-5,8-13,15,20,25H,1-3,6-7,14H2. The molecule has 1 atom stereocenters. The molecule has 1 N–H and O–H groups in total. The molecule has 1 fully saturated rings. The molecule has 1 aromatic heterocycles. The van der Waals surface area contributed by atoms with Crippen LogP contribution in [0, 0.1) is 5.92 Å². The molecule has 3 aromatic rings. The number of para-hydroxylation sites is 2. The molecule has 0 spiro atoms. The van der Waals surface area contributed by atoms with Crippen LogP contribution in [-0.4, -0.2) is 21.3 Å². The lowest BCUT2D eigenvalue weighted by molar-refractivity contribution is 0.156. The highest BCUT2D eigenvalue weighted by Gasteiger charge is 2.28. The van der Waals surface area contributed by atoms with E-state index in [1.165, 1.54) is 32.1 Å². The highest BCUT2D eigenvalue weighted by atomic mass is 35.5. The molecule has 0 bridgehead atoms. The Morgan fingerprint density at radius 1 is 1.04 bits per heavy atom. The highest BCUT2D eigenvalue weighted by molar-refractivity contribution is 6.30. The van der Waals surface area contributed by atoms with Crippen LogP contribution in [-0.2, 0) is 0 Å². The first kappa shape index (κ1) is 16.6. The van der Waals surface area contributed by atoms with E-state index in [1.54, 1.807) is 0 Å². The van der Waals surface area contributed by atoms with E-state index in [0.717, 1.165) is 27.4 Å². The Labute approximate surface area is 153 Å². The van der Waals surface area contributed by atoms with Crippen LogP contribution in [0.2, 0.25) is 5.02 Å². The van der Waals surface area contributed by atoms with Crippen molar-refractivity contribution in [2.24, 2.45) is 5.92 Å². The van der Waals surface area contributed by atoms with Gasteiger partial charge >= 0.3 is 0 Å². The van der Waals surface area contributed by atoms with Gasteiger partial charge in [0.1, 0.15) is 5.82 Å². The summed E-state index contributed by atoms with van der Waals surface area (Å²) in [5.74, 6) is 1.42. The molecule has 130 valence electrons. The molecule has 0 radical (unpaired) electrons. The number of fused-ring (bicyclic) bond motifs is 1. The zero-order valence-corrected chi connectivity index (χ0v) is 15.0. The maximum Gasteiger partial charge on any atom is 0.141 e. The lowest BCUT2D eigenvalue weighted by atomic mass is 9.84. The Kier molecular flexibility index (Phi) is 4.78. The first-order valence-electron chi connectivity index (χ1n) is 9.11. The van der Waals surface area contributed by atoms with Crippen molar-refractivity contribution in [3.63, 3.8) is 0 Å². The fraction of sp³-hybridized carbons (Fsp3) is 0.381. The van der Waals surface area contributed by atoms with Crippen molar-refractivity contribution in [1.82, 2.24) is 9.55 Å². The second kappa shape index (κ2) is 7.19. The number of halogens is 1. The minimum absolute atomic E-state index is 0.0679. The van der Waals surface area contributed by atoms with Crippen LogP contribution in [0.25, 0.3) is 22.4 Å². The molecule has 1 unspecified atom stereocenters. The largest absolute Gasteiger partial charge is 0.394 e. The molecule has 0 aliphatic heterocycles. The fourth-order valence-electron chi connectivity index (χ4n) is 4.14. The summed E-state index contributed by atoms with van der Waals surface area (Å²) in [4.78, 5) is 4.89. The summed E-state index contributed by atoms with van der Waals surface area (Å²) in [6.07, 6.45) is 6.17. The SMILES string of the molecule is OCC(C1CCCCC1)n1c(-c2ccc(Cl)cc2)nc2ccccc21. The summed E-state index contributed by atoms with van der Waals surface area (Å²) in [5.41, 5.74) is 3.11. The molecular weight excluding hydrogens is 332 g/mol. The molecule has 1 saturated carbocycles. The molecule has 1 aliphatic rings. The van der Waals surface area contributed by atoms with E-state index in [9.17, 15) is 5.11 Å². The molecule has 25 heavy (non-hydrogen) atoms. The molecule has 3 nitrogen and oxygen atoms in total. The van der Waals surface area contributed by atoms with Gasteiger partial charge in [-0.3, -0.25) is 0 Å². The smallest absolute Gasteiger partial charge is 0.141 e. The minimum atomic E-state index is 0.0679. The van der Waals surface area contributed by atoms with E-state index in [-0.39, 0.29) is 12.6 Å². The van der Waals surface area contributed by atoms with Crippen molar-refractivity contribution in [2.45, 2.75) is 38.1 Å². The van der Waals surface area contributed by atoms with Crippen molar-refractivity contribution in [2.75, 3.05) is 6.61 Å². The number of aliphatic hydroxyl groups is 1. The highest BCUT2D eigenvalue weighted by Crippen LogP contribution is 2.37. The Morgan fingerprint density at radius 2 is 1.76 bits per heavy atom. The van der Waals surface area contributed by atoms with Gasteiger partial charge in [-0.25, -0.2) is 4.98 Å². The topological polar surface area (TPSA) is 38.0 Å². The van der Waals surface area contributed by atoms with Gasteiger partial charge in [0.25, 0.3) is 0 Å². The number of rotatable bonds is 4. The van der Waals surface area contributed by atoms with E-state index in [2.05, 4.69) is 10.6 Å². The van der Waals surface area contributed by atoms with Gasteiger partial charge in [-0.05, 0) is 55.2 Å². The molecule has 4 rings (SSSR count). The van der Waals surface area contributed by atoms with Crippen LogP contribution in [0.1, 0.15) is 38.1 Å². The Hall–Kier alpha value is -1.84. The van der Waals surface area contributed by atoms with Crippen LogP contribution in [0.5, 0.6) is 0 Å². The third-order valence-electron chi connectivity index (χ3n) is 5.41. The van der Waals surface area contributed by atoms with Gasteiger partial charge in [0.05, 0.1) is 23.7 Å². The molecule has 0 saturated heterocycles. The lowest BCUT2D eigenvalue weighted by Gasteiger charge is -2.31. The summed E-state index contributed by atoms with van der Waals surface area (Å²) < 4.78 is 2.26. The lowest BCUT2D eigenvalue weighted by Crippen LogP contribution is -2.25. The monoisotopic (exact) mass is 354 g/mol. The van der Waals surface area contributed by atoms with Gasteiger partial charge in [0.15, 0.2) is 0 Å². The maximum atomic E-state index is 10.3. The number of aromatic nitrogens is 2. The minimum Gasteiger partial charge on any atom is -0.394 e. The van der Waals surface area contributed by atoms with Crippen LogP contribution in [0.15, 0.2) is 48.5 Å². The third-order valence-corrected chi connectivity index (χ3v) is 5.66. The van der Waals surface area contributed by atoms with Crippen molar-refractivity contribution in [3.8, 4) is 11.4 Å². The zero-order chi connectivity index (χ0) is 17.2. The van der Waals surface area contributed by atoms with Crippen molar-refractivity contribution in [1.29, 1.82) is 0 Å². The molecule has 1 aliphatic carbocycles. The summed E-state index contributed by atoms with van der Waals surface area (Å²) >= 11 is 6.06. The van der Waals surface area contributed by atoms with Crippen molar-refractivity contribution in [3.05, 3.63) is 53.6 Å². The first-order valence-corrected chi connectivity index (χ1v) is 9.49. The first-order chi connectivity index (χ1) is 12.3. The van der Waals surface area contributed by atoms with E-state index in [0.29, 0.717) is 5.92 Å². The van der Waals surface area contributed by atoms with E-state index >= 15 is 0 Å². The van der Waals surface area contributed by atoms with Crippen LogP contribution in [0.4, 0.5) is 0 Å². The summed E-state index contributed by atoms with van der Waals surface area (Å²) in [6.45, 7) is 0.144. The van der Waals surface area contributed by atoms with Gasteiger partial charge in [-0.2, -0.15) is 0 Å². The average molecular weight is 355 g/mol. The molecule has 1 heterocycles. The molecular formula is C21H23ClN2O. The molecule has 4 heteroatoms. The average Bonchev–Trinajstić information content (AvgIpc) is 3.04. The number of nitrogens with zero attached hydrogens (tertiary/aromatic N) is 2. The molecule has 2 aromatic carbocycles. The second-order valence-electron chi connectivity index (χ2n) is 6.95. The Bertz CT molecular complexity index is 850. The zero-order valence-electron chi connectivity index (χ0n) is 14.2. The van der Waals surface area contributed by atoms with E-state index < -0.39 is 0 Å². The Morgan fingerprint density at radius 3 is 2.48 bits per heavy atom. The normalized spacial score (nSPS) is 17.0. The second-order valence-corrected chi connectivity index (χ2v) is 7.39. The quantitative estimate of drug-likeness (QED) is 0.674. The van der Waals surface area contributed by atoms with E-state index in [4.69, 9.17) is 16.6 Å². The van der Waals surface area contributed by atoms with Gasteiger partial charge in [0.2, 0.25) is 0 Å². The van der Waals surface area contributed by atoms with Crippen molar-refractivity contribution >= 4 is 22.6 Å². The summed E-state index contributed by atoms with van der Waals surface area (Å²) in [6, 6.07) is 16.1. The summed E-state index contributed by atoms with van der Waals surface area (Å²) in [7, 11) is 0. The third kappa shape index (κ3) is 3.19. The maximum absolute atomic E-state index is 10.3. The number of hydrogen-bond donors (Lipinski definition) is 1. The number of benzene rings is 2. The Balaban J connectivity index is 1.87. The summed E-state index contributed by atoms with van der Waals surface area (Å²) in [5, 5.41) is 11.0. The predicted molar refractivity (Wildman–Crippen MR) is 103 cm³/mol. The predicted octanol–water partition coefficient (Wildman–Crippen LogP) is 5.47. The molecule has 0 amide bonds. The van der Waals surface area contributed by atoms with Crippen molar-refractivity contribution < 1.29 is 5.11 Å². The number of hydrogen-bond acceptors (Lipinski definition) is 2.